The van der Waals surface area contributed by atoms with E-state index in [0.29, 0.717) is 13.2 Å². The lowest BCUT2D eigenvalue weighted by Gasteiger charge is -2.09. The Morgan fingerprint density at radius 1 is 0.913 bits per heavy atom. The van der Waals surface area contributed by atoms with Crippen LogP contribution in [0.15, 0.2) is 48.5 Å². The van der Waals surface area contributed by atoms with Gasteiger partial charge in [0, 0.05) is 11.6 Å². The van der Waals surface area contributed by atoms with Gasteiger partial charge in [-0.3, -0.25) is 0 Å². The first kappa shape index (κ1) is 19.6. The molecule has 0 heterocycles. The van der Waals surface area contributed by atoms with Gasteiger partial charge in [-0.25, -0.2) is 0 Å². The fourth-order valence-corrected chi connectivity index (χ4v) is 2.10. The molecule has 126 valence electrons. The molecule has 0 unspecified atom stereocenters. The Morgan fingerprint density at radius 3 is 2.39 bits per heavy atom. The zero-order valence-electron chi connectivity index (χ0n) is 13.3. The second-order valence-electron chi connectivity index (χ2n) is 5.02. The van der Waals surface area contributed by atoms with Crippen LogP contribution in [0, 0.1) is 6.92 Å². The topological polar surface area (TPSA) is 30.5 Å². The highest BCUT2D eigenvalue weighted by atomic mass is 35.5. The second-order valence-corrected chi connectivity index (χ2v) is 5.43. The van der Waals surface area contributed by atoms with E-state index in [9.17, 15) is 0 Å². The molecule has 0 aliphatic heterocycles. The summed E-state index contributed by atoms with van der Waals surface area (Å²) in [7, 11) is 0. The molecule has 0 fully saturated rings. The number of para-hydroxylation sites is 1. The van der Waals surface area contributed by atoms with Crippen molar-refractivity contribution >= 4 is 24.0 Å². The number of benzene rings is 2. The molecule has 1 N–H and O–H groups in total. The number of nitrogens with one attached hydrogen (secondary N) is 1. The van der Waals surface area contributed by atoms with E-state index in [-0.39, 0.29) is 12.4 Å². The molecule has 0 atom stereocenters. The van der Waals surface area contributed by atoms with Crippen molar-refractivity contribution in [2.24, 2.45) is 0 Å². The monoisotopic (exact) mass is 355 g/mol. The molecule has 3 nitrogen and oxygen atoms in total. The predicted octanol–water partition coefficient (Wildman–Crippen LogP) is 4.51. The first-order chi connectivity index (χ1) is 10.8. The summed E-state index contributed by atoms with van der Waals surface area (Å²) in [6.45, 7) is 5.03. The summed E-state index contributed by atoms with van der Waals surface area (Å²) in [5.74, 6) is 1.73. The summed E-state index contributed by atoms with van der Waals surface area (Å²) in [6, 6.07) is 15.6. The lowest BCUT2D eigenvalue weighted by molar-refractivity contribution is 0.294. The van der Waals surface area contributed by atoms with Crippen LogP contribution >= 0.6 is 24.0 Å². The molecule has 0 spiro atoms. The van der Waals surface area contributed by atoms with E-state index in [4.69, 9.17) is 21.1 Å². The van der Waals surface area contributed by atoms with Crippen LogP contribution in [-0.2, 0) is 0 Å². The van der Waals surface area contributed by atoms with Gasteiger partial charge in [0.05, 0.1) is 6.61 Å². The van der Waals surface area contributed by atoms with Crippen molar-refractivity contribution < 1.29 is 9.47 Å². The molecule has 0 saturated carbocycles. The van der Waals surface area contributed by atoms with E-state index in [2.05, 4.69) is 5.32 Å². The third-order valence-corrected chi connectivity index (χ3v) is 3.61. The molecule has 2 rings (SSSR count). The van der Waals surface area contributed by atoms with Gasteiger partial charge in [0.15, 0.2) is 0 Å². The highest BCUT2D eigenvalue weighted by molar-refractivity contribution is 6.31. The van der Waals surface area contributed by atoms with Gasteiger partial charge < -0.3 is 14.8 Å². The van der Waals surface area contributed by atoms with E-state index in [1.54, 1.807) is 0 Å². The van der Waals surface area contributed by atoms with Crippen LogP contribution in [0.2, 0.25) is 5.02 Å². The fraction of sp³-hybridized carbons (Fsp3) is 0.333. The number of hydrogen-bond acceptors (Lipinski definition) is 3. The van der Waals surface area contributed by atoms with Crippen molar-refractivity contribution in [3.63, 3.8) is 0 Å². The van der Waals surface area contributed by atoms with Gasteiger partial charge in [0.1, 0.15) is 18.1 Å². The summed E-state index contributed by atoms with van der Waals surface area (Å²) in [4.78, 5) is 0. The Hall–Kier alpha value is -1.42. The van der Waals surface area contributed by atoms with Crippen LogP contribution in [0.5, 0.6) is 11.5 Å². The number of halogens is 2. The summed E-state index contributed by atoms with van der Waals surface area (Å²) in [5, 5.41) is 4.07. The van der Waals surface area contributed by atoms with Crippen molar-refractivity contribution in [2.45, 2.75) is 13.3 Å². The molecule has 2 aromatic rings. The van der Waals surface area contributed by atoms with Crippen molar-refractivity contribution in [1.82, 2.24) is 5.32 Å². The minimum atomic E-state index is 0. The molecular formula is C18H23Cl2NO2. The average Bonchev–Trinajstić information content (AvgIpc) is 2.54. The van der Waals surface area contributed by atoms with Crippen molar-refractivity contribution in [3.8, 4) is 11.5 Å². The summed E-state index contributed by atoms with van der Waals surface area (Å²) in [5.41, 5.74) is 1.06. The molecular weight excluding hydrogens is 333 g/mol. The predicted molar refractivity (Wildman–Crippen MR) is 98.4 cm³/mol. The van der Waals surface area contributed by atoms with Gasteiger partial charge in [0.2, 0.25) is 0 Å². The molecule has 0 bridgehead atoms. The normalized spacial score (nSPS) is 10.0. The van der Waals surface area contributed by atoms with Crippen LogP contribution in [0.4, 0.5) is 0 Å². The maximum absolute atomic E-state index is 6.05. The van der Waals surface area contributed by atoms with Gasteiger partial charge in [-0.15, -0.1) is 12.4 Å². The van der Waals surface area contributed by atoms with E-state index >= 15 is 0 Å². The molecule has 0 radical (unpaired) electrons. The largest absolute Gasteiger partial charge is 0.494 e. The van der Waals surface area contributed by atoms with Crippen LogP contribution in [0.3, 0.4) is 0 Å². The number of ether oxygens (including phenoxy) is 2. The lowest BCUT2D eigenvalue weighted by Crippen LogP contribution is -2.23. The Morgan fingerprint density at radius 2 is 1.65 bits per heavy atom. The fourth-order valence-electron chi connectivity index (χ4n) is 1.93. The molecule has 0 aromatic heterocycles. The van der Waals surface area contributed by atoms with Crippen LogP contribution in [-0.4, -0.2) is 26.3 Å². The number of aryl methyl sites for hydroxylation is 1. The molecule has 0 aliphatic carbocycles. The zero-order chi connectivity index (χ0) is 15.6. The molecule has 5 heteroatoms. The van der Waals surface area contributed by atoms with Gasteiger partial charge >= 0.3 is 0 Å². The first-order valence-corrected chi connectivity index (χ1v) is 7.91. The van der Waals surface area contributed by atoms with Crippen LogP contribution < -0.4 is 14.8 Å². The van der Waals surface area contributed by atoms with Crippen LogP contribution in [0.25, 0.3) is 0 Å². The second kappa shape index (κ2) is 11.2. The van der Waals surface area contributed by atoms with E-state index in [1.165, 1.54) is 0 Å². The maximum Gasteiger partial charge on any atom is 0.120 e. The highest BCUT2D eigenvalue weighted by Crippen LogP contribution is 2.21. The average molecular weight is 356 g/mol. The Bertz CT molecular complexity index is 564. The van der Waals surface area contributed by atoms with E-state index in [1.807, 2.05) is 55.5 Å². The van der Waals surface area contributed by atoms with Gasteiger partial charge in [-0.2, -0.15) is 0 Å². The lowest BCUT2D eigenvalue weighted by atomic mass is 10.2. The summed E-state index contributed by atoms with van der Waals surface area (Å²) >= 11 is 6.05. The van der Waals surface area contributed by atoms with Crippen molar-refractivity contribution in [2.75, 3.05) is 26.3 Å². The first-order valence-electron chi connectivity index (χ1n) is 7.53. The molecule has 0 amide bonds. The smallest absolute Gasteiger partial charge is 0.120 e. The van der Waals surface area contributed by atoms with Crippen molar-refractivity contribution in [3.05, 3.63) is 59.1 Å². The molecule has 23 heavy (non-hydrogen) atoms. The maximum atomic E-state index is 6.05. The van der Waals surface area contributed by atoms with Gasteiger partial charge in [-0.1, -0.05) is 35.9 Å². The summed E-state index contributed by atoms with van der Waals surface area (Å²) < 4.78 is 11.3. The third-order valence-electron chi connectivity index (χ3n) is 3.20. The van der Waals surface area contributed by atoms with Gasteiger partial charge in [-0.05, 0) is 49.7 Å². The Kier molecular flexibility index (Phi) is 9.53. The molecule has 2 aromatic carbocycles. The molecule has 0 saturated heterocycles. The molecule has 0 aliphatic rings. The Labute approximate surface area is 149 Å². The van der Waals surface area contributed by atoms with E-state index in [0.717, 1.165) is 41.6 Å². The minimum Gasteiger partial charge on any atom is -0.494 e. The quantitative estimate of drug-likeness (QED) is 0.671. The summed E-state index contributed by atoms with van der Waals surface area (Å²) in [6.07, 6.45) is 0.964. The zero-order valence-corrected chi connectivity index (χ0v) is 14.8. The number of hydrogen-bond donors (Lipinski definition) is 1. The Balaban J connectivity index is 0.00000264. The number of rotatable bonds is 9. The van der Waals surface area contributed by atoms with E-state index < -0.39 is 0 Å². The van der Waals surface area contributed by atoms with Crippen LogP contribution in [0.1, 0.15) is 12.0 Å². The SMILES string of the molecule is Cc1ccc(OCCNCCCOc2ccccc2)cc1Cl.Cl. The standard InChI is InChI=1S/C18H22ClNO2.ClH/c1-15-8-9-17(14-18(15)19)22-13-11-20-10-5-12-21-16-6-3-2-4-7-16;/h2-4,6-9,14,20H,5,10-13H2,1H3;1H. The highest BCUT2D eigenvalue weighted by Gasteiger charge is 1.98. The minimum absolute atomic E-state index is 0. The van der Waals surface area contributed by atoms with Crippen molar-refractivity contribution in [1.29, 1.82) is 0 Å². The third kappa shape index (κ3) is 7.60. The van der Waals surface area contributed by atoms with Gasteiger partial charge in [0.25, 0.3) is 0 Å².